The van der Waals surface area contributed by atoms with Crippen molar-refractivity contribution < 1.29 is 0 Å². The van der Waals surface area contributed by atoms with Crippen molar-refractivity contribution in [1.82, 2.24) is 10.3 Å². The number of anilines is 2. The minimum absolute atomic E-state index is 0.365. The Labute approximate surface area is 132 Å². The summed E-state index contributed by atoms with van der Waals surface area (Å²) >= 11 is 1.76. The van der Waals surface area contributed by atoms with Gasteiger partial charge in [-0.1, -0.05) is 24.3 Å². The summed E-state index contributed by atoms with van der Waals surface area (Å²) in [5, 5.41) is 4.55. The number of nitrogens with one attached hydrogen (secondary N) is 1. The van der Waals surface area contributed by atoms with Crippen molar-refractivity contribution >= 4 is 22.2 Å². The molecule has 0 aliphatic rings. The molecule has 2 rings (SSSR count). The highest BCUT2D eigenvalue weighted by molar-refractivity contribution is 7.15. The first-order valence-corrected chi connectivity index (χ1v) is 8.34. The zero-order chi connectivity index (χ0) is 15.4. The van der Waals surface area contributed by atoms with E-state index in [0.29, 0.717) is 6.04 Å². The molecule has 3 nitrogen and oxygen atoms in total. The van der Waals surface area contributed by atoms with Crippen molar-refractivity contribution in [3.8, 4) is 0 Å². The van der Waals surface area contributed by atoms with Crippen LogP contribution in [-0.4, -0.2) is 18.6 Å². The van der Waals surface area contributed by atoms with Gasteiger partial charge in [0.2, 0.25) is 0 Å². The molecule has 1 aromatic heterocycles. The summed E-state index contributed by atoms with van der Waals surface area (Å²) in [5.74, 6) is 0. The molecule has 0 saturated carbocycles. The number of nitrogens with zero attached hydrogens (tertiary/aromatic N) is 2. The summed E-state index contributed by atoms with van der Waals surface area (Å²) in [7, 11) is 2.08. The fourth-order valence-corrected chi connectivity index (χ4v) is 3.27. The van der Waals surface area contributed by atoms with Gasteiger partial charge in [-0.25, -0.2) is 4.98 Å². The highest BCUT2D eigenvalue weighted by Gasteiger charge is 2.13. The van der Waals surface area contributed by atoms with Gasteiger partial charge in [0.25, 0.3) is 0 Å². The summed E-state index contributed by atoms with van der Waals surface area (Å²) in [6, 6.07) is 6.96. The quantitative estimate of drug-likeness (QED) is 0.846. The Kier molecular flexibility index (Phi) is 5.37. The molecule has 0 bridgehead atoms. The number of thiazole rings is 1. The molecule has 0 fully saturated rings. The van der Waals surface area contributed by atoms with E-state index in [-0.39, 0.29) is 0 Å². The molecular formula is C17H25N3S. The smallest absolute Gasteiger partial charge is 0.189 e. The highest BCUT2D eigenvalue weighted by Crippen LogP contribution is 2.31. The molecule has 114 valence electrons. The molecule has 0 amide bonds. The monoisotopic (exact) mass is 303 g/mol. The maximum Gasteiger partial charge on any atom is 0.189 e. The van der Waals surface area contributed by atoms with Crippen LogP contribution < -0.4 is 10.2 Å². The van der Waals surface area contributed by atoms with Crippen LogP contribution in [0.5, 0.6) is 0 Å². The molecule has 0 aliphatic carbocycles. The molecule has 1 heterocycles. The topological polar surface area (TPSA) is 28.2 Å². The summed E-state index contributed by atoms with van der Waals surface area (Å²) in [6.45, 7) is 9.69. The predicted octanol–water partition coefficient (Wildman–Crippen LogP) is 4.59. The van der Waals surface area contributed by atoms with E-state index >= 15 is 0 Å². The largest absolute Gasteiger partial charge is 0.321 e. The maximum atomic E-state index is 4.59. The van der Waals surface area contributed by atoms with Crippen LogP contribution in [-0.2, 0) is 0 Å². The Bertz CT molecular complexity index is 571. The van der Waals surface area contributed by atoms with E-state index in [1.54, 1.807) is 11.3 Å². The van der Waals surface area contributed by atoms with Gasteiger partial charge in [0.05, 0.1) is 0 Å². The molecule has 0 aliphatic heterocycles. The molecule has 0 spiro atoms. The van der Waals surface area contributed by atoms with Gasteiger partial charge in [-0.15, -0.1) is 0 Å². The average molecular weight is 303 g/mol. The van der Waals surface area contributed by atoms with Crippen LogP contribution >= 0.6 is 11.3 Å². The minimum Gasteiger partial charge on any atom is -0.321 e. The molecule has 1 unspecified atom stereocenters. The van der Waals surface area contributed by atoms with E-state index in [4.69, 9.17) is 0 Å². The zero-order valence-electron chi connectivity index (χ0n) is 13.6. The van der Waals surface area contributed by atoms with Gasteiger partial charge in [0.15, 0.2) is 5.13 Å². The molecular weight excluding hydrogens is 278 g/mol. The maximum absolute atomic E-state index is 4.59. The Morgan fingerprint density at radius 1 is 1.24 bits per heavy atom. The summed E-state index contributed by atoms with van der Waals surface area (Å²) in [6.07, 6.45) is 3.14. The van der Waals surface area contributed by atoms with Gasteiger partial charge in [-0.2, -0.15) is 0 Å². The second-order valence-electron chi connectivity index (χ2n) is 5.63. The van der Waals surface area contributed by atoms with Crippen molar-refractivity contribution in [2.75, 3.05) is 18.5 Å². The van der Waals surface area contributed by atoms with E-state index in [1.165, 1.54) is 21.7 Å². The number of aryl methyl sites for hydroxylation is 2. The lowest BCUT2D eigenvalue weighted by Crippen LogP contribution is -2.18. The molecule has 21 heavy (non-hydrogen) atoms. The Hall–Kier alpha value is -1.39. The number of hydrogen-bond donors (Lipinski definition) is 1. The van der Waals surface area contributed by atoms with E-state index in [2.05, 4.69) is 68.1 Å². The van der Waals surface area contributed by atoms with Crippen LogP contribution in [0, 0.1) is 13.8 Å². The first-order chi connectivity index (χ1) is 10.0. The number of aromatic nitrogens is 1. The number of hydrogen-bond acceptors (Lipinski definition) is 4. The standard InChI is InChI=1S/C17H25N3S/c1-6-7-18-14(4)16-11-19-17(21-16)20(5)15-9-12(2)8-13(3)10-15/h8-11,14,18H,6-7H2,1-5H3. The third-order valence-corrected chi connectivity index (χ3v) is 4.78. The Morgan fingerprint density at radius 2 is 1.90 bits per heavy atom. The molecule has 1 aromatic carbocycles. The summed E-state index contributed by atoms with van der Waals surface area (Å²) < 4.78 is 0. The van der Waals surface area contributed by atoms with Gasteiger partial charge < -0.3 is 10.2 Å². The second-order valence-corrected chi connectivity index (χ2v) is 6.67. The van der Waals surface area contributed by atoms with Crippen LogP contribution in [0.2, 0.25) is 0 Å². The van der Waals surface area contributed by atoms with Crippen molar-refractivity contribution in [2.45, 2.75) is 40.2 Å². The van der Waals surface area contributed by atoms with Gasteiger partial charge >= 0.3 is 0 Å². The first-order valence-electron chi connectivity index (χ1n) is 7.52. The number of benzene rings is 1. The Balaban J connectivity index is 2.16. The van der Waals surface area contributed by atoms with E-state index in [9.17, 15) is 0 Å². The van der Waals surface area contributed by atoms with Crippen molar-refractivity contribution in [3.63, 3.8) is 0 Å². The third kappa shape index (κ3) is 4.05. The zero-order valence-corrected chi connectivity index (χ0v) is 14.4. The van der Waals surface area contributed by atoms with Crippen LogP contribution in [0.4, 0.5) is 10.8 Å². The summed E-state index contributed by atoms with van der Waals surface area (Å²) in [5.41, 5.74) is 3.76. The Morgan fingerprint density at radius 3 is 2.52 bits per heavy atom. The number of rotatable bonds is 6. The SMILES string of the molecule is CCCNC(C)c1cnc(N(C)c2cc(C)cc(C)c2)s1. The fraction of sp³-hybridized carbons (Fsp3) is 0.471. The lowest BCUT2D eigenvalue weighted by molar-refractivity contribution is 0.577. The minimum atomic E-state index is 0.365. The predicted molar refractivity (Wildman–Crippen MR) is 92.8 cm³/mol. The molecule has 1 N–H and O–H groups in total. The second kappa shape index (κ2) is 7.05. The average Bonchev–Trinajstić information content (AvgIpc) is 2.92. The lowest BCUT2D eigenvalue weighted by atomic mass is 10.1. The molecule has 1 atom stereocenters. The van der Waals surface area contributed by atoms with Crippen molar-refractivity contribution in [1.29, 1.82) is 0 Å². The fourth-order valence-electron chi connectivity index (χ4n) is 2.35. The normalized spacial score (nSPS) is 12.4. The molecule has 0 saturated heterocycles. The lowest BCUT2D eigenvalue weighted by Gasteiger charge is -2.17. The molecule has 4 heteroatoms. The third-order valence-electron chi connectivity index (χ3n) is 3.52. The first kappa shape index (κ1) is 16.0. The van der Waals surface area contributed by atoms with Crippen LogP contribution in [0.25, 0.3) is 0 Å². The van der Waals surface area contributed by atoms with Crippen LogP contribution in [0.1, 0.15) is 42.3 Å². The summed E-state index contributed by atoms with van der Waals surface area (Å²) in [4.78, 5) is 8.04. The van der Waals surface area contributed by atoms with E-state index in [0.717, 1.165) is 18.1 Å². The van der Waals surface area contributed by atoms with E-state index < -0.39 is 0 Å². The van der Waals surface area contributed by atoms with E-state index in [1.807, 2.05) is 6.20 Å². The molecule has 0 radical (unpaired) electrons. The van der Waals surface area contributed by atoms with Crippen LogP contribution in [0.15, 0.2) is 24.4 Å². The van der Waals surface area contributed by atoms with Crippen molar-refractivity contribution in [2.24, 2.45) is 0 Å². The molecule has 2 aromatic rings. The van der Waals surface area contributed by atoms with Gasteiger partial charge in [-0.05, 0) is 57.0 Å². The highest BCUT2D eigenvalue weighted by atomic mass is 32.1. The van der Waals surface area contributed by atoms with Crippen molar-refractivity contribution in [3.05, 3.63) is 40.4 Å². The van der Waals surface area contributed by atoms with Crippen LogP contribution in [0.3, 0.4) is 0 Å². The van der Waals surface area contributed by atoms with Gasteiger partial charge in [0, 0.05) is 29.9 Å². The van der Waals surface area contributed by atoms with Gasteiger partial charge in [-0.3, -0.25) is 0 Å². The van der Waals surface area contributed by atoms with Gasteiger partial charge in [0.1, 0.15) is 0 Å².